The molecular formula is C14H22BrNO2. The van der Waals surface area contributed by atoms with Crippen molar-refractivity contribution in [1.82, 2.24) is 5.32 Å². The Morgan fingerprint density at radius 2 is 2.17 bits per heavy atom. The van der Waals surface area contributed by atoms with E-state index in [2.05, 4.69) is 34.2 Å². The van der Waals surface area contributed by atoms with Crippen molar-refractivity contribution in [2.45, 2.75) is 32.7 Å². The second-order valence-corrected chi connectivity index (χ2v) is 5.08. The number of hydrogen-bond donors (Lipinski definition) is 2. The third-order valence-electron chi connectivity index (χ3n) is 2.62. The molecule has 0 aliphatic heterocycles. The maximum Gasteiger partial charge on any atom is 0.133 e. The molecule has 18 heavy (non-hydrogen) atoms. The summed E-state index contributed by atoms with van der Waals surface area (Å²) in [6, 6.07) is 6.09. The third kappa shape index (κ3) is 5.85. The van der Waals surface area contributed by atoms with Crippen LogP contribution in [0, 0.1) is 0 Å². The highest BCUT2D eigenvalue weighted by molar-refractivity contribution is 9.10. The molecule has 0 aliphatic carbocycles. The van der Waals surface area contributed by atoms with E-state index in [1.165, 1.54) is 18.4 Å². The van der Waals surface area contributed by atoms with Gasteiger partial charge < -0.3 is 15.2 Å². The van der Waals surface area contributed by atoms with Crippen molar-refractivity contribution >= 4 is 15.9 Å². The number of unbranched alkanes of at least 4 members (excludes halogenated alkanes) is 2. The van der Waals surface area contributed by atoms with Gasteiger partial charge in [-0.15, -0.1) is 0 Å². The van der Waals surface area contributed by atoms with Crippen LogP contribution in [0.25, 0.3) is 0 Å². The molecule has 0 spiro atoms. The van der Waals surface area contributed by atoms with Crippen molar-refractivity contribution in [1.29, 1.82) is 0 Å². The molecule has 2 N–H and O–H groups in total. The Labute approximate surface area is 118 Å². The molecule has 102 valence electrons. The zero-order chi connectivity index (χ0) is 13.2. The van der Waals surface area contributed by atoms with E-state index < -0.39 is 0 Å². The minimum atomic E-state index is 0.166. The van der Waals surface area contributed by atoms with Crippen molar-refractivity contribution in [3.8, 4) is 5.75 Å². The van der Waals surface area contributed by atoms with E-state index in [0.29, 0.717) is 6.54 Å². The molecule has 4 heteroatoms. The molecule has 0 radical (unpaired) electrons. The van der Waals surface area contributed by atoms with Gasteiger partial charge >= 0.3 is 0 Å². The Morgan fingerprint density at radius 1 is 1.33 bits per heavy atom. The van der Waals surface area contributed by atoms with Gasteiger partial charge in [-0.05, 0) is 40.0 Å². The van der Waals surface area contributed by atoms with Crippen LogP contribution in [0.15, 0.2) is 22.7 Å². The summed E-state index contributed by atoms with van der Waals surface area (Å²) in [6.07, 6.45) is 3.52. The average molecular weight is 316 g/mol. The molecule has 1 aromatic carbocycles. The summed E-state index contributed by atoms with van der Waals surface area (Å²) in [7, 11) is 0. The summed E-state index contributed by atoms with van der Waals surface area (Å²) in [5.74, 6) is 0.900. The number of aliphatic hydroxyl groups excluding tert-OH is 1. The van der Waals surface area contributed by atoms with E-state index in [9.17, 15) is 0 Å². The van der Waals surface area contributed by atoms with E-state index in [-0.39, 0.29) is 6.61 Å². The molecule has 0 atom stereocenters. The van der Waals surface area contributed by atoms with E-state index in [1.54, 1.807) is 0 Å². The Kier molecular flexibility index (Phi) is 8.05. The lowest BCUT2D eigenvalue weighted by molar-refractivity contribution is 0.292. The summed E-state index contributed by atoms with van der Waals surface area (Å²) in [6.45, 7) is 4.50. The van der Waals surface area contributed by atoms with Crippen LogP contribution in [-0.2, 0) is 6.54 Å². The second kappa shape index (κ2) is 9.36. The molecule has 0 heterocycles. The lowest BCUT2D eigenvalue weighted by Gasteiger charge is -2.10. The molecule has 0 aromatic heterocycles. The Morgan fingerprint density at radius 3 is 2.83 bits per heavy atom. The molecule has 0 saturated heterocycles. The predicted octanol–water partition coefficient (Wildman–Crippen LogP) is 3.10. The van der Waals surface area contributed by atoms with Gasteiger partial charge in [0.15, 0.2) is 0 Å². The topological polar surface area (TPSA) is 41.5 Å². The molecule has 1 rings (SSSR count). The standard InChI is InChI=1S/C14H22BrNO2/c1-2-3-4-9-18-14-6-5-12(10-13(14)15)11-16-7-8-17/h5-6,10,16-17H,2-4,7-9,11H2,1H3. The average Bonchev–Trinajstić information content (AvgIpc) is 2.37. The highest BCUT2D eigenvalue weighted by Crippen LogP contribution is 2.26. The van der Waals surface area contributed by atoms with E-state index >= 15 is 0 Å². The van der Waals surface area contributed by atoms with Gasteiger partial charge in [-0.25, -0.2) is 0 Å². The zero-order valence-corrected chi connectivity index (χ0v) is 12.5. The normalized spacial score (nSPS) is 10.6. The van der Waals surface area contributed by atoms with Crippen LogP contribution in [-0.4, -0.2) is 24.9 Å². The molecule has 0 amide bonds. The number of halogens is 1. The number of ether oxygens (including phenoxy) is 1. The smallest absolute Gasteiger partial charge is 0.133 e. The molecule has 0 bridgehead atoms. The molecule has 0 saturated carbocycles. The largest absolute Gasteiger partial charge is 0.492 e. The van der Waals surface area contributed by atoms with Crippen LogP contribution < -0.4 is 10.1 Å². The van der Waals surface area contributed by atoms with E-state index in [1.807, 2.05) is 12.1 Å². The SMILES string of the molecule is CCCCCOc1ccc(CNCCO)cc1Br. The third-order valence-corrected chi connectivity index (χ3v) is 3.24. The molecule has 0 fully saturated rings. The highest BCUT2D eigenvalue weighted by Gasteiger charge is 2.02. The molecule has 3 nitrogen and oxygen atoms in total. The fourth-order valence-corrected chi connectivity index (χ4v) is 2.16. The minimum absolute atomic E-state index is 0.166. The summed E-state index contributed by atoms with van der Waals surface area (Å²) < 4.78 is 6.70. The van der Waals surface area contributed by atoms with Crippen molar-refractivity contribution in [2.24, 2.45) is 0 Å². The van der Waals surface area contributed by atoms with Crippen molar-refractivity contribution in [3.63, 3.8) is 0 Å². The first kappa shape index (κ1) is 15.5. The van der Waals surface area contributed by atoms with Crippen LogP contribution in [0.2, 0.25) is 0 Å². The van der Waals surface area contributed by atoms with Gasteiger partial charge in [0.2, 0.25) is 0 Å². The lowest BCUT2D eigenvalue weighted by atomic mass is 10.2. The van der Waals surface area contributed by atoms with Gasteiger partial charge in [-0.2, -0.15) is 0 Å². The summed E-state index contributed by atoms with van der Waals surface area (Å²) >= 11 is 3.52. The van der Waals surface area contributed by atoms with Crippen LogP contribution in [0.3, 0.4) is 0 Å². The number of nitrogens with one attached hydrogen (secondary N) is 1. The molecule has 0 aliphatic rings. The fourth-order valence-electron chi connectivity index (χ4n) is 1.62. The first-order valence-corrected chi connectivity index (χ1v) is 7.30. The van der Waals surface area contributed by atoms with Gasteiger partial charge in [0.05, 0.1) is 17.7 Å². The first-order chi connectivity index (χ1) is 8.77. The van der Waals surface area contributed by atoms with Crippen LogP contribution in [0.4, 0.5) is 0 Å². The molecule has 0 unspecified atom stereocenters. The first-order valence-electron chi connectivity index (χ1n) is 6.50. The lowest BCUT2D eigenvalue weighted by Crippen LogP contribution is -2.17. The van der Waals surface area contributed by atoms with Gasteiger partial charge in [0.25, 0.3) is 0 Å². The van der Waals surface area contributed by atoms with Gasteiger partial charge in [0, 0.05) is 13.1 Å². The summed E-state index contributed by atoms with van der Waals surface area (Å²) in [4.78, 5) is 0. The van der Waals surface area contributed by atoms with E-state index in [0.717, 1.165) is 29.8 Å². The Balaban J connectivity index is 2.41. The number of aliphatic hydroxyl groups is 1. The predicted molar refractivity (Wildman–Crippen MR) is 78.0 cm³/mol. The Hall–Kier alpha value is -0.580. The quantitative estimate of drug-likeness (QED) is 0.688. The summed E-state index contributed by atoms with van der Waals surface area (Å²) in [5, 5.41) is 11.8. The van der Waals surface area contributed by atoms with E-state index in [4.69, 9.17) is 9.84 Å². The molecule has 1 aromatic rings. The fraction of sp³-hybridized carbons (Fsp3) is 0.571. The zero-order valence-electron chi connectivity index (χ0n) is 10.9. The van der Waals surface area contributed by atoms with Gasteiger partial charge in [-0.3, -0.25) is 0 Å². The number of benzene rings is 1. The van der Waals surface area contributed by atoms with Crippen LogP contribution in [0.5, 0.6) is 5.75 Å². The van der Waals surface area contributed by atoms with Crippen LogP contribution in [0.1, 0.15) is 31.7 Å². The van der Waals surface area contributed by atoms with Crippen molar-refractivity contribution in [2.75, 3.05) is 19.8 Å². The van der Waals surface area contributed by atoms with Crippen molar-refractivity contribution in [3.05, 3.63) is 28.2 Å². The Bertz CT molecular complexity index is 345. The highest BCUT2D eigenvalue weighted by atomic mass is 79.9. The van der Waals surface area contributed by atoms with Gasteiger partial charge in [-0.1, -0.05) is 25.8 Å². The van der Waals surface area contributed by atoms with Gasteiger partial charge in [0.1, 0.15) is 5.75 Å². The molecular weight excluding hydrogens is 294 g/mol. The maximum absolute atomic E-state index is 8.69. The minimum Gasteiger partial charge on any atom is -0.492 e. The van der Waals surface area contributed by atoms with Crippen molar-refractivity contribution < 1.29 is 9.84 Å². The monoisotopic (exact) mass is 315 g/mol. The maximum atomic E-state index is 8.69. The number of rotatable bonds is 9. The number of hydrogen-bond acceptors (Lipinski definition) is 3. The second-order valence-electron chi connectivity index (χ2n) is 4.22. The summed E-state index contributed by atoms with van der Waals surface area (Å²) in [5.41, 5.74) is 1.18. The van der Waals surface area contributed by atoms with Crippen LogP contribution >= 0.6 is 15.9 Å².